The number of piperidine rings is 3. The molecule has 0 aromatic rings. The lowest BCUT2D eigenvalue weighted by molar-refractivity contribution is 0.105. The van der Waals surface area contributed by atoms with Crippen molar-refractivity contribution >= 4 is 10.2 Å². The van der Waals surface area contributed by atoms with Crippen molar-refractivity contribution in [2.45, 2.75) is 44.9 Å². The van der Waals surface area contributed by atoms with Gasteiger partial charge in [0.2, 0.25) is 0 Å². The molecule has 1 spiro atoms. The van der Waals surface area contributed by atoms with Crippen LogP contribution in [0.3, 0.4) is 0 Å². The minimum absolute atomic E-state index is 0.194. The van der Waals surface area contributed by atoms with Gasteiger partial charge in [-0.15, -0.1) is 0 Å². The molecule has 0 aromatic carbocycles. The van der Waals surface area contributed by atoms with Gasteiger partial charge in [-0.05, 0) is 50.5 Å². The van der Waals surface area contributed by atoms with Crippen molar-refractivity contribution < 1.29 is 8.42 Å². The minimum Gasteiger partial charge on any atom is -0.316 e. The molecule has 0 saturated carbocycles. The SMILES string of the molecule is O=S(=O)(N1CCCCC1)N1CCCC2(CCCNC2)C1. The smallest absolute Gasteiger partial charge is 0.281 e. The summed E-state index contributed by atoms with van der Waals surface area (Å²) in [7, 11) is -3.22. The zero-order valence-electron chi connectivity index (χ0n) is 12.3. The van der Waals surface area contributed by atoms with Gasteiger partial charge in [0.1, 0.15) is 0 Å². The van der Waals surface area contributed by atoms with Gasteiger partial charge >= 0.3 is 0 Å². The highest BCUT2D eigenvalue weighted by Gasteiger charge is 2.42. The van der Waals surface area contributed by atoms with Gasteiger partial charge in [0, 0.05) is 32.7 Å². The Morgan fingerprint density at radius 3 is 2.25 bits per heavy atom. The van der Waals surface area contributed by atoms with E-state index in [9.17, 15) is 8.42 Å². The first kappa shape index (κ1) is 14.8. The van der Waals surface area contributed by atoms with Crippen LogP contribution < -0.4 is 5.32 Å². The van der Waals surface area contributed by atoms with E-state index in [-0.39, 0.29) is 5.41 Å². The highest BCUT2D eigenvalue weighted by Crippen LogP contribution is 2.37. The van der Waals surface area contributed by atoms with E-state index in [1.807, 2.05) is 0 Å². The van der Waals surface area contributed by atoms with Gasteiger partial charge in [-0.3, -0.25) is 0 Å². The normalized spacial score (nSPS) is 34.4. The molecule has 3 fully saturated rings. The largest absolute Gasteiger partial charge is 0.316 e. The topological polar surface area (TPSA) is 52.7 Å². The summed E-state index contributed by atoms with van der Waals surface area (Å²) in [4.78, 5) is 0. The molecule has 3 saturated heterocycles. The van der Waals surface area contributed by atoms with Crippen LogP contribution in [0.15, 0.2) is 0 Å². The number of rotatable bonds is 2. The summed E-state index contributed by atoms with van der Waals surface area (Å²) in [6, 6.07) is 0. The summed E-state index contributed by atoms with van der Waals surface area (Å²) < 4.78 is 29.1. The molecule has 0 aromatic heterocycles. The van der Waals surface area contributed by atoms with Gasteiger partial charge in [-0.25, -0.2) is 0 Å². The van der Waals surface area contributed by atoms with Crippen molar-refractivity contribution in [2.24, 2.45) is 5.41 Å². The van der Waals surface area contributed by atoms with E-state index in [4.69, 9.17) is 0 Å². The summed E-state index contributed by atoms with van der Waals surface area (Å²) >= 11 is 0. The van der Waals surface area contributed by atoms with Gasteiger partial charge in [-0.2, -0.15) is 17.0 Å². The molecule has 0 aliphatic carbocycles. The Morgan fingerprint density at radius 1 is 0.850 bits per heavy atom. The third-order valence-corrected chi connectivity index (χ3v) is 7.14. The number of hydrogen-bond donors (Lipinski definition) is 1. The highest BCUT2D eigenvalue weighted by molar-refractivity contribution is 7.86. The van der Waals surface area contributed by atoms with Crippen LogP contribution in [0.25, 0.3) is 0 Å². The Labute approximate surface area is 122 Å². The summed E-state index contributed by atoms with van der Waals surface area (Å²) in [5.74, 6) is 0. The van der Waals surface area contributed by atoms with Gasteiger partial charge in [0.25, 0.3) is 10.2 Å². The van der Waals surface area contributed by atoms with Gasteiger partial charge < -0.3 is 5.32 Å². The molecule has 0 amide bonds. The maximum absolute atomic E-state index is 12.8. The predicted molar refractivity (Wildman–Crippen MR) is 79.7 cm³/mol. The van der Waals surface area contributed by atoms with Gasteiger partial charge in [0.05, 0.1) is 0 Å². The van der Waals surface area contributed by atoms with Crippen LogP contribution >= 0.6 is 0 Å². The molecule has 3 aliphatic rings. The number of nitrogens with one attached hydrogen (secondary N) is 1. The standard InChI is InChI=1S/C14H27N3O2S/c18-20(19,16-9-2-1-3-10-16)17-11-5-7-14(13-17)6-4-8-15-12-14/h15H,1-13H2. The third-order valence-electron chi connectivity index (χ3n) is 5.15. The molecule has 116 valence electrons. The van der Waals surface area contributed by atoms with Crippen LogP contribution in [-0.4, -0.2) is 56.3 Å². The summed E-state index contributed by atoms with van der Waals surface area (Å²) in [5, 5.41) is 3.46. The van der Waals surface area contributed by atoms with Crippen molar-refractivity contribution in [3.05, 3.63) is 0 Å². The summed E-state index contributed by atoms with van der Waals surface area (Å²) in [6.45, 7) is 4.92. The van der Waals surface area contributed by atoms with Crippen LogP contribution in [0, 0.1) is 5.41 Å². The quantitative estimate of drug-likeness (QED) is 0.833. The first-order valence-corrected chi connectivity index (χ1v) is 9.48. The zero-order chi connectivity index (χ0) is 14.1. The van der Waals surface area contributed by atoms with E-state index in [0.717, 1.165) is 38.9 Å². The molecule has 6 heteroatoms. The molecule has 0 radical (unpaired) electrons. The van der Waals surface area contributed by atoms with Crippen molar-refractivity contribution in [2.75, 3.05) is 39.3 Å². The Morgan fingerprint density at radius 2 is 1.55 bits per heavy atom. The third kappa shape index (κ3) is 2.89. The molecule has 20 heavy (non-hydrogen) atoms. The van der Waals surface area contributed by atoms with Crippen LogP contribution in [0.5, 0.6) is 0 Å². The molecule has 3 rings (SSSR count). The lowest BCUT2D eigenvalue weighted by Crippen LogP contribution is -2.55. The lowest BCUT2D eigenvalue weighted by atomic mass is 9.75. The molecular weight excluding hydrogens is 274 g/mol. The van der Waals surface area contributed by atoms with Gasteiger partial charge in [0.15, 0.2) is 0 Å². The maximum atomic E-state index is 12.8. The predicted octanol–water partition coefficient (Wildman–Crippen LogP) is 1.18. The maximum Gasteiger partial charge on any atom is 0.281 e. The Kier molecular flexibility index (Phi) is 4.36. The van der Waals surface area contributed by atoms with Crippen LogP contribution in [0.2, 0.25) is 0 Å². The Hall–Kier alpha value is -0.170. The first-order chi connectivity index (χ1) is 9.62. The van der Waals surface area contributed by atoms with Crippen molar-refractivity contribution in [3.63, 3.8) is 0 Å². The van der Waals surface area contributed by atoms with Crippen LogP contribution in [0.4, 0.5) is 0 Å². The monoisotopic (exact) mass is 301 g/mol. The second kappa shape index (κ2) is 5.91. The first-order valence-electron chi connectivity index (χ1n) is 8.08. The number of nitrogens with zero attached hydrogens (tertiary/aromatic N) is 2. The second-order valence-electron chi connectivity index (χ2n) is 6.68. The zero-order valence-corrected chi connectivity index (χ0v) is 13.1. The molecule has 1 atom stereocenters. The van der Waals surface area contributed by atoms with Crippen molar-refractivity contribution in [3.8, 4) is 0 Å². The van der Waals surface area contributed by atoms with Crippen molar-refractivity contribution in [1.82, 2.24) is 13.9 Å². The molecule has 3 heterocycles. The van der Waals surface area contributed by atoms with E-state index in [0.29, 0.717) is 19.6 Å². The van der Waals surface area contributed by atoms with Crippen LogP contribution in [-0.2, 0) is 10.2 Å². The van der Waals surface area contributed by atoms with E-state index in [2.05, 4.69) is 5.32 Å². The average molecular weight is 301 g/mol. The fraction of sp³-hybridized carbons (Fsp3) is 1.00. The van der Waals surface area contributed by atoms with Gasteiger partial charge in [-0.1, -0.05) is 6.42 Å². The van der Waals surface area contributed by atoms with Crippen LogP contribution in [0.1, 0.15) is 44.9 Å². The molecule has 5 nitrogen and oxygen atoms in total. The van der Waals surface area contributed by atoms with E-state index in [1.54, 1.807) is 8.61 Å². The lowest BCUT2D eigenvalue weighted by Gasteiger charge is -2.46. The molecule has 3 aliphatic heterocycles. The molecule has 0 bridgehead atoms. The minimum atomic E-state index is -3.22. The number of hydrogen-bond acceptors (Lipinski definition) is 3. The van der Waals surface area contributed by atoms with Crippen molar-refractivity contribution in [1.29, 1.82) is 0 Å². The fourth-order valence-corrected chi connectivity index (χ4v) is 5.84. The van der Waals surface area contributed by atoms with E-state index < -0.39 is 10.2 Å². The average Bonchev–Trinajstić information content (AvgIpc) is 2.49. The highest BCUT2D eigenvalue weighted by atomic mass is 32.2. The molecule has 1 N–H and O–H groups in total. The Bertz CT molecular complexity index is 420. The second-order valence-corrected chi connectivity index (χ2v) is 8.61. The Balaban J connectivity index is 1.72. The van der Waals surface area contributed by atoms with E-state index in [1.165, 1.54) is 25.7 Å². The summed E-state index contributed by atoms with van der Waals surface area (Å²) in [5.41, 5.74) is 0.194. The molecule has 1 unspecified atom stereocenters. The molecular formula is C14H27N3O2S. The van der Waals surface area contributed by atoms with E-state index >= 15 is 0 Å². The summed E-state index contributed by atoms with van der Waals surface area (Å²) in [6.07, 6.45) is 7.73. The fourth-order valence-electron chi connectivity index (χ4n) is 4.00.